The topological polar surface area (TPSA) is 46.8 Å². The predicted molar refractivity (Wildman–Crippen MR) is 91.6 cm³/mol. The monoisotopic (exact) mass is 307 g/mol. The van der Waals surface area contributed by atoms with E-state index in [1.807, 2.05) is 6.20 Å². The summed E-state index contributed by atoms with van der Waals surface area (Å²) in [7, 11) is 2.13. The van der Waals surface area contributed by atoms with Crippen LogP contribution in [-0.2, 0) is 13.0 Å². The number of imidazole rings is 1. The highest BCUT2D eigenvalue weighted by Gasteiger charge is 2.21. The van der Waals surface area contributed by atoms with Gasteiger partial charge in [-0.05, 0) is 30.9 Å². The fourth-order valence-corrected chi connectivity index (χ4v) is 3.59. The number of hydrogen-bond donors (Lipinski definition) is 0. The highest BCUT2D eigenvalue weighted by molar-refractivity contribution is 5.91. The average molecular weight is 307 g/mol. The first-order valence-corrected chi connectivity index (χ1v) is 8.14. The second-order valence-corrected chi connectivity index (χ2v) is 6.45. The highest BCUT2D eigenvalue weighted by Crippen LogP contribution is 2.26. The number of fused-ring (bicyclic) bond motifs is 2. The molecule has 0 spiro atoms. The van der Waals surface area contributed by atoms with E-state index in [0.717, 1.165) is 36.2 Å². The van der Waals surface area contributed by atoms with Crippen molar-refractivity contribution in [1.82, 2.24) is 19.5 Å². The summed E-state index contributed by atoms with van der Waals surface area (Å²) in [5.74, 6) is 2.86. The number of rotatable bonds is 3. The third-order valence-electron chi connectivity index (χ3n) is 4.77. The Balaban J connectivity index is 1.58. The maximum atomic E-state index is 4.54. The van der Waals surface area contributed by atoms with Crippen molar-refractivity contribution >= 4 is 16.7 Å². The first kappa shape index (κ1) is 14.2. The van der Waals surface area contributed by atoms with Crippen LogP contribution in [0.4, 0.5) is 5.82 Å². The van der Waals surface area contributed by atoms with Gasteiger partial charge in [0.15, 0.2) is 0 Å². The van der Waals surface area contributed by atoms with Gasteiger partial charge in [-0.1, -0.05) is 12.1 Å². The molecule has 0 fully saturated rings. The van der Waals surface area contributed by atoms with Gasteiger partial charge in [-0.25, -0.2) is 15.0 Å². The summed E-state index contributed by atoms with van der Waals surface area (Å²) in [5, 5.41) is 1.13. The maximum absolute atomic E-state index is 4.54. The molecule has 0 saturated heterocycles. The fourth-order valence-electron chi connectivity index (χ4n) is 3.59. The summed E-state index contributed by atoms with van der Waals surface area (Å²) < 4.78 is 2.28. The van der Waals surface area contributed by atoms with Crippen LogP contribution in [-0.4, -0.2) is 33.1 Å². The van der Waals surface area contributed by atoms with Crippen molar-refractivity contribution < 1.29 is 0 Å². The molecular formula is C18H21N5. The minimum absolute atomic E-state index is 0.622. The van der Waals surface area contributed by atoms with Crippen LogP contribution < -0.4 is 4.90 Å². The molecule has 0 N–H and O–H groups in total. The molecule has 1 aliphatic heterocycles. The van der Waals surface area contributed by atoms with Crippen LogP contribution in [0, 0.1) is 12.8 Å². The lowest BCUT2D eigenvalue weighted by Gasteiger charge is -2.29. The quantitative estimate of drug-likeness (QED) is 0.746. The summed E-state index contributed by atoms with van der Waals surface area (Å²) >= 11 is 0. The lowest BCUT2D eigenvalue weighted by Crippen LogP contribution is -2.32. The number of benzene rings is 1. The molecule has 0 amide bonds. The first-order chi connectivity index (χ1) is 11.2. The molecule has 4 rings (SSSR count). The van der Waals surface area contributed by atoms with Crippen LogP contribution in [0.2, 0.25) is 0 Å². The normalized spacial score (nSPS) is 17.2. The van der Waals surface area contributed by atoms with E-state index in [2.05, 4.69) is 62.8 Å². The van der Waals surface area contributed by atoms with Gasteiger partial charge in [-0.15, -0.1) is 0 Å². The highest BCUT2D eigenvalue weighted by atomic mass is 15.2. The zero-order valence-corrected chi connectivity index (χ0v) is 13.6. The Labute approximate surface area is 136 Å². The first-order valence-electron chi connectivity index (χ1n) is 8.14. The lowest BCUT2D eigenvalue weighted by molar-refractivity contribution is 0.368. The Morgan fingerprint density at radius 1 is 1.26 bits per heavy atom. The lowest BCUT2D eigenvalue weighted by atomic mass is 9.99. The molecule has 0 aliphatic carbocycles. The van der Waals surface area contributed by atoms with Gasteiger partial charge in [0.25, 0.3) is 0 Å². The zero-order valence-electron chi connectivity index (χ0n) is 13.6. The molecule has 118 valence electrons. The smallest absolute Gasteiger partial charge is 0.139 e. The van der Waals surface area contributed by atoms with E-state index in [4.69, 9.17) is 0 Å². The Morgan fingerprint density at radius 2 is 2.17 bits per heavy atom. The molecule has 5 nitrogen and oxygen atoms in total. The summed E-state index contributed by atoms with van der Waals surface area (Å²) in [5.41, 5.74) is 2.24. The van der Waals surface area contributed by atoms with Crippen LogP contribution in [0.15, 0.2) is 36.9 Å². The van der Waals surface area contributed by atoms with E-state index in [1.165, 1.54) is 17.8 Å². The van der Waals surface area contributed by atoms with Crippen molar-refractivity contribution in [3.8, 4) is 0 Å². The molecule has 0 bridgehead atoms. The van der Waals surface area contributed by atoms with E-state index in [0.29, 0.717) is 5.92 Å². The van der Waals surface area contributed by atoms with Crippen LogP contribution in [0.5, 0.6) is 0 Å². The minimum atomic E-state index is 0.622. The molecule has 1 aromatic carbocycles. The summed E-state index contributed by atoms with van der Waals surface area (Å²) in [4.78, 5) is 15.7. The molecule has 3 aromatic rings. The summed E-state index contributed by atoms with van der Waals surface area (Å²) in [6.07, 6.45) is 7.92. The Kier molecular flexibility index (Phi) is 3.48. The van der Waals surface area contributed by atoms with Crippen LogP contribution >= 0.6 is 0 Å². The number of hydrogen-bond acceptors (Lipinski definition) is 4. The van der Waals surface area contributed by atoms with E-state index in [1.54, 1.807) is 6.33 Å². The summed E-state index contributed by atoms with van der Waals surface area (Å²) in [6.45, 7) is 4.14. The number of para-hydroxylation sites is 1. The molecule has 1 aliphatic rings. The van der Waals surface area contributed by atoms with Gasteiger partial charge in [0.1, 0.15) is 18.0 Å². The largest absolute Gasteiger partial charge is 0.359 e. The van der Waals surface area contributed by atoms with Gasteiger partial charge in [-0.2, -0.15) is 0 Å². The molecule has 0 saturated carbocycles. The van der Waals surface area contributed by atoms with Gasteiger partial charge in [0, 0.05) is 44.3 Å². The van der Waals surface area contributed by atoms with E-state index >= 15 is 0 Å². The Hall–Kier alpha value is -2.43. The molecule has 2 aromatic heterocycles. The molecule has 1 unspecified atom stereocenters. The SMILES string of the molecule is Cc1cccc2c(N(C)CC3CCc4nccn4C3)ncnc12. The van der Waals surface area contributed by atoms with Crippen LogP contribution in [0.25, 0.3) is 10.9 Å². The molecule has 23 heavy (non-hydrogen) atoms. The van der Waals surface area contributed by atoms with E-state index < -0.39 is 0 Å². The van der Waals surface area contributed by atoms with Crippen molar-refractivity contribution in [2.45, 2.75) is 26.3 Å². The number of nitrogens with zero attached hydrogens (tertiary/aromatic N) is 5. The van der Waals surface area contributed by atoms with E-state index in [-0.39, 0.29) is 0 Å². The zero-order chi connectivity index (χ0) is 15.8. The van der Waals surface area contributed by atoms with Gasteiger partial charge >= 0.3 is 0 Å². The molecule has 1 atom stereocenters. The van der Waals surface area contributed by atoms with Crippen LogP contribution in [0.3, 0.4) is 0 Å². The van der Waals surface area contributed by atoms with Crippen molar-refractivity contribution in [3.05, 3.63) is 48.3 Å². The maximum Gasteiger partial charge on any atom is 0.139 e. The minimum Gasteiger partial charge on any atom is -0.359 e. The van der Waals surface area contributed by atoms with Crippen molar-refractivity contribution in [1.29, 1.82) is 0 Å². The predicted octanol–water partition coefficient (Wildman–Crippen LogP) is 2.83. The average Bonchev–Trinajstić information content (AvgIpc) is 3.02. The van der Waals surface area contributed by atoms with Gasteiger partial charge in [0.2, 0.25) is 0 Å². The van der Waals surface area contributed by atoms with Gasteiger partial charge in [-0.3, -0.25) is 0 Å². The third-order valence-corrected chi connectivity index (χ3v) is 4.77. The van der Waals surface area contributed by atoms with Gasteiger partial charge in [0.05, 0.1) is 5.52 Å². The second kappa shape index (κ2) is 5.65. The molecule has 0 radical (unpaired) electrons. The third kappa shape index (κ3) is 2.56. The molecular weight excluding hydrogens is 286 g/mol. The standard InChI is InChI=1S/C18H21N5/c1-13-4-3-5-15-17(13)20-12-21-18(15)22(2)10-14-6-7-16-19-8-9-23(16)11-14/h3-5,8-9,12,14H,6-7,10-11H2,1-2H3. The molecule has 5 heteroatoms. The van der Waals surface area contributed by atoms with Crippen molar-refractivity contribution in [2.24, 2.45) is 5.92 Å². The van der Waals surface area contributed by atoms with Gasteiger partial charge < -0.3 is 9.47 Å². The number of anilines is 1. The van der Waals surface area contributed by atoms with Crippen molar-refractivity contribution in [3.63, 3.8) is 0 Å². The van der Waals surface area contributed by atoms with Crippen molar-refractivity contribution in [2.75, 3.05) is 18.5 Å². The van der Waals surface area contributed by atoms with Crippen LogP contribution in [0.1, 0.15) is 17.8 Å². The Morgan fingerprint density at radius 3 is 3.09 bits per heavy atom. The number of aryl methyl sites for hydroxylation is 2. The Bertz CT molecular complexity index is 838. The number of aromatic nitrogens is 4. The van der Waals surface area contributed by atoms with E-state index in [9.17, 15) is 0 Å². The fraction of sp³-hybridized carbons (Fsp3) is 0.389. The summed E-state index contributed by atoms with van der Waals surface area (Å²) in [6, 6.07) is 6.29. The second-order valence-electron chi connectivity index (χ2n) is 6.45. The molecule has 3 heterocycles.